The summed E-state index contributed by atoms with van der Waals surface area (Å²) >= 11 is 6.28. The fourth-order valence-electron chi connectivity index (χ4n) is 3.86. The van der Waals surface area contributed by atoms with Gasteiger partial charge < -0.3 is 14.6 Å². The second kappa shape index (κ2) is 10.1. The number of nitrogens with zero attached hydrogens (tertiary/aromatic N) is 3. The minimum Gasteiger partial charge on any atom is -0.492 e. The molecule has 1 atom stereocenters. The van der Waals surface area contributed by atoms with Gasteiger partial charge in [0.15, 0.2) is 0 Å². The van der Waals surface area contributed by atoms with Crippen LogP contribution in [0.3, 0.4) is 0 Å². The second-order valence-electron chi connectivity index (χ2n) is 7.90. The highest BCUT2D eigenvalue weighted by molar-refractivity contribution is 7.89. The van der Waals surface area contributed by atoms with E-state index in [-0.39, 0.29) is 28.2 Å². The summed E-state index contributed by atoms with van der Waals surface area (Å²) in [7, 11) is -3.96. The summed E-state index contributed by atoms with van der Waals surface area (Å²) in [4.78, 5) is 17.1. The van der Waals surface area contributed by atoms with Crippen molar-refractivity contribution in [1.29, 1.82) is 0 Å². The normalized spacial score (nSPS) is 16.9. The molecule has 2 aromatic carbocycles. The van der Waals surface area contributed by atoms with Crippen LogP contribution >= 0.6 is 11.6 Å². The topological polar surface area (TPSA) is 115 Å². The molecule has 4 rings (SSSR count). The summed E-state index contributed by atoms with van der Waals surface area (Å²) < 4.78 is 38.8. The summed E-state index contributed by atoms with van der Waals surface area (Å²) in [5.74, 6) is 0.438. The lowest BCUT2D eigenvalue weighted by Crippen LogP contribution is -2.43. The van der Waals surface area contributed by atoms with E-state index in [1.807, 2.05) is 13.0 Å². The molecule has 1 aliphatic rings. The summed E-state index contributed by atoms with van der Waals surface area (Å²) in [6, 6.07) is 11.7. The highest BCUT2D eigenvalue weighted by Gasteiger charge is 2.35. The highest BCUT2D eigenvalue weighted by atomic mass is 35.5. The van der Waals surface area contributed by atoms with Crippen molar-refractivity contribution in [2.75, 3.05) is 25.0 Å². The molecule has 0 radical (unpaired) electrons. The van der Waals surface area contributed by atoms with Gasteiger partial charge in [0.05, 0.1) is 23.2 Å². The first-order valence-corrected chi connectivity index (χ1v) is 12.7. The van der Waals surface area contributed by atoms with Crippen LogP contribution in [0.25, 0.3) is 11.4 Å². The number of anilines is 1. The Morgan fingerprint density at radius 2 is 2.09 bits per heavy atom. The number of amides is 1. The number of ether oxygens (including phenoxy) is 1. The van der Waals surface area contributed by atoms with E-state index >= 15 is 0 Å². The first-order valence-electron chi connectivity index (χ1n) is 10.9. The first kappa shape index (κ1) is 24.2. The number of piperidine rings is 1. The van der Waals surface area contributed by atoms with Crippen LogP contribution in [0.15, 0.2) is 51.9 Å². The molecule has 9 nitrogen and oxygen atoms in total. The Balaban J connectivity index is 1.54. The van der Waals surface area contributed by atoms with E-state index in [0.29, 0.717) is 48.9 Å². The van der Waals surface area contributed by atoms with Crippen molar-refractivity contribution in [3.63, 3.8) is 0 Å². The molecule has 11 heteroatoms. The lowest BCUT2D eigenvalue weighted by molar-refractivity contribution is -0.120. The smallest absolute Gasteiger partial charge is 0.244 e. The zero-order valence-electron chi connectivity index (χ0n) is 18.8. The molecule has 1 N–H and O–H groups in total. The van der Waals surface area contributed by atoms with Crippen molar-refractivity contribution < 1.29 is 22.5 Å². The Morgan fingerprint density at radius 1 is 1.29 bits per heavy atom. The van der Waals surface area contributed by atoms with Gasteiger partial charge >= 0.3 is 0 Å². The number of hydrogen-bond donors (Lipinski definition) is 1. The Kier molecular flexibility index (Phi) is 7.20. The fourth-order valence-corrected chi connectivity index (χ4v) is 5.88. The molecule has 1 fully saturated rings. The zero-order chi connectivity index (χ0) is 24.3. The third kappa shape index (κ3) is 5.08. The van der Waals surface area contributed by atoms with E-state index in [4.69, 9.17) is 20.9 Å². The van der Waals surface area contributed by atoms with Crippen molar-refractivity contribution in [1.82, 2.24) is 14.4 Å². The summed E-state index contributed by atoms with van der Waals surface area (Å²) in [5, 5.41) is 6.81. The van der Waals surface area contributed by atoms with Crippen LogP contribution in [-0.2, 0) is 14.8 Å². The molecule has 0 saturated carbocycles. The number of carbonyl (C=O) groups is 1. The maximum atomic E-state index is 13.5. The van der Waals surface area contributed by atoms with E-state index in [9.17, 15) is 13.2 Å². The molecule has 1 saturated heterocycles. The quantitative estimate of drug-likeness (QED) is 0.514. The number of halogens is 1. The summed E-state index contributed by atoms with van der Waals surface area (Å²) in [6.45, 7) is 4.32. The number of sulfonamides is 1. The minimum absolute atomic E-state index is 0.0485. The Hall–Kier alpha value is -2.95. The van der Waals surface area contributed by atoms with Crippen LogP contribution in [-0.4, -0.2) is 48.5 Å². The van der Waals surface area contributed by atoms with E-state index in [0.717, 1.165) is 0 Å². The molecule has 34 heavy (non-hydrogen) atoms. The SMILES string of the molecule is CCOc1ccccc1NC(=O)[C@H]1CCCN(S(=O)(=O)c2cc(-c3noc(C)n3)ccc2Cl)C1. The van der Waals surface area contributed by atoms with Crippen molar-refractivity contribution >= 4 is 33.2 Å². The maximum Gasteiger partial charge on any atom is 0.244 e. The zero-order valence-corrected chi connectivity index (χ0v) is 20.4. The molecule has 2 heterocycles. The number of carbonyl (C=O) groups excluding carboxylic acids is 1. The van der Waals surface area contributed by atoms with E-state index in [1.165, 1.54) is 16.4 Å². The van der Waals surface area contributed by atoms with Crippen LogP contribution in [0.5, 0.6) is 5.75 Å². The first-order chi connectivity index (χ1) is 16.3. The van der Waals surface area contributed by atoms with Gasteiger partial charge in [-0.25, -0.2) is 8.42 Å². The lowest BCUT2D eigenvalue weighted by atomic mass is 9.98. The van der Waals surface area contributed by atoms with Crippen molar-refractivity contribution in [2.45, 2.75) is 31.6 Å². The van der Waals surface area contributed by atoms with Crippen LogP contribution in [0.2, 0.25) is 5.02 Å². The van der Waals surface area contributed by atoms with Crippen molar-refractivity contribution in [2.24, 2.45) is 5.92 Å². The number of para-hydroxylation sites is 2. The average molecular weight is 505 g/mol. The largest absolute Gasteiger partial charge is 0.492 e. The van der Waals surface area contributed by atoms with Crippen molar-refractivity contribution in [3.8, 4) is 17.1 Å². The predicted octanol–water partition coefficient (Wildman–Crippen LogP) is 4.14. The number of nitrogens with one attached hydrogen (secondary N) is 1. The van der Waals surface area contributed by atoms with Crippen LogP contribution in [0.1, 0.15) is 25.7 Å². The van der Waals surface area contributed by atoms with E-state index < -0.39 is 15.9 Å². The summed E-state index contributed by atoms with van der Waals surface area (Å²) in [5.41, 5.74) is 1.03. The standard InChI is InChI=1S/C23H25ClN4O5S/c1-3-32-20-9-5-4-8-19(20)26-23(29)17-7-6-12-28(14-17)34(30,31)21-13-16(10-11-18(21)24)22-25-15(2)33-27-22/h4-5,8-11,13,17H,3,6-7,12,14H2,1-2H3,(H,26,29)/t17-/m0/s1. The second-order valence-corrected chi connectivity index (χ2v) is 10.2. The van der Waals surface area contributed by atoms with Gasteiger partial charge in [-0.05, 0) is 50.1 Å². The molecule has 0 spiro atoms. The molecule has 180 valence electrons. The maximum absolute atomic E-state index is 13.5. The van der Waals surface area contributed by atoms with Gasteiger partial charge in [-0.15, -0.1) is 0 Å². The van der Waals surface area contributed by atoms with Gasteiger partial charge in [-0.1, -0.05) is 28.9 Å². The third-order valence-electron chi connectivity index (χ3n) is 5.53. The molecule has 3 aromatic rings. The molecule has 0 aliphatic carbocycles. The van der Waals surface area contributed by atoms with Crippen LogP contribution in [0.4, 0.5) is 5.69 Å². The van der Waals surface area contributed by atoms with E-state index in [1.54, 1.807) is 31.2 Å². The predicted molar refractivity (Wildman–Crippen MR) is 127 cm³/mol. The fraction of sp³-hybridized carbons (Fsp3) is 0.348. The third-order valence-corrected chi connectivity index (χ3v) is 7.88. The van der Waals surface area contributed by atoms with E-state index in [2.05, 4.69) is 15.5 Å². The molecule has 1 amide bonds. The van der Waals surface area contributed by atoms with Gasteiger partial charge in [0.2, 0.25) is 27.6 Å². The Morgan fingerprint density at radius 3 is 2.82 bits per heavy atom. The Labute approximate surface area is 203 Å². The molecular formula is C23H25ClN4O5S. The molecular weight excluding hydrogens is 480 g/mol. The monoisotopic (exact) mass is 504 g/mol. The van der Waals surface area contributed by atoms with Crippen molar-refractivity contribution in [3.05, 3.63) is 53.4 Å². The number of aryl methyl sites for hydroxylation is 1. The van der Waals surface area contributed by atoms with Gasteiger partial charge in [0, 0.05) is 25.6 Å². The number of aromatic nitrogens is 2. The van der Waals surface area contributed by atoms with Crippen LogP contribution in [0, 0.1) is 12.8 Å². The van der Waals surface area contributed by atoms with Gasteiger partial charge in [0.1, 0.15) is 10.6 Å². The van der Waals surface area contributed by atoms with Gasteiger partial charge in [0.25, 0.3) is 0 Å². The number of benzene rings is 2. The Bertz CT molecular complexity index is 1290. The lowest BCUT2D eigenvalue weighted by Gasteiger charge is -2.31. The van der Waals surface area contributed by atoms with Crippen LogP contribution < -0.4 is 10.1 Å². The highest BCUT2D eigenvalue weighted by Crippen LogP contribution is 2.32. The molecule has 0 bridgehead atoms. The van der Waals surface area contributed by atoms with Gasteiger partial charge in [-0.2, -0.15) is 9.29 Å². The number of rotatable bonds is 7. The summed E-state index contributed by atoms with van der Waals surface area (Å²) in [6.07, 6.45) is 1.12. The van der Waals surface area contributed by atoms with Gasteiger partial charge in [-0.3, -0.25) is 4.79 Å². The average Bonchev–Trinajstić information content (AvgIpc) is 3.27. The number of hydrogen-bond acceptors (Lipinski definition) is 7. The minimum atomic E-state index is -3.96. The molecule has 0 unspecified atom stereocenters. The molecule has 1 aliphatic heterocycles. The molecule has 1 aromatic heterocycles.